The van der Waals surface area contributed by atoms with E-state index in [0.717, 1.165) is 28.3 Å². The molecule has 0 bridgehead atoms. The zero-order valence-electron chi connectivity index (χ0n) is 9.90. The molecule has 0 saturated heterocycles. The van der Waals surface area contributed by atoms with Gasteiger partial charge in [0.1, 0.15) is 5.65 Å². The first-order valence-corrected chi connectivity index (χ1v) is 7.46. The van der Waals surface area contributed by atoms with Crippen molar-refractivity contribution in [3.8, 4) is 0 Å². The molecule has 5 heteroatoms. The Hall–Kier alpha value is -1.36. The molecule has 0 fully saturated rings. The highest BCUT2D eigenvalue weighted by Gasteiger charge is 2.26. The number of aromatic nitrogens is 2. The van der Waals surface area contributed by atoms with Crippen molar-refractivity contribution in [1.29, 1.82) is 0 Å². The first kappa shape index (κ1) is 10.8. The fraction of sp³-hybridized carbons (Fsp3) is 0.417. The van der Waals surface area contributed by atoms with Crippen LogP contribution in [0.25, 0.3) is 5.65 Å². The Bertz CT molecular complexity index is 714. The SMILES string of the molecule is Cc1cc(C)n2c3c(nc2c1)CS(=O)(=O)CC3. The maximum atomic E-state index is 11.6. The van der Waals surface area contributed by atoms with Crippen LogP contribution in [0.4, 0.5) is 0 Å². The van der Waals surface area contributed by atoms with Crippen molar-refractivity contribution in [3.05, 3.63) is 34.8 Å². The lowest BCUT2D eigenvalue weighted by atomic mass is 10.2. The third-order valence-corrected chi connectivity index (χ3v) is 4.77. The van der Waals surface area contributed by atoms with Gasteiger partial charge in [-0.3, -0.25) is 0 Å². The number of nitrogens with zero attached hydrogens (tertiary/aromatic N) is 2. The number of pyridine rings is 1. The normalized spacial score (nSPS) is 18.2. The van der Waals surface area contributed by atoms with E-state index in [1.165, 1.54) is 0 Å². The van der Waals surface area contributed by atoms with Gasteiger partial charge < -0.3 is 4.40 Å². The molecular weight excluding hydrogens is 236 g/mol. The van der Waals surface area contributed by atoms with Gasteiger partial charge >= 0.3 is 0 Å². The van der Waals surface area contributed by atoms with Crippen molar-refractivity contribution in [2.75, 3.05) is 5.75 Å². The summed E-state index contributed by atoms with van der Waals surface area (Å²) in [5, 5.41) is 0. The summed E-state index contributed by atoms with van der Waals surface area (Å²) >= 11 is 0. The Morgan fingerprint density at radius 2 is 2.06 bits per heavy atom. The molecule has 3 rings (SSSR count). The average Bonchev–Trinajstić information content (AvgIpc) is 2.52. The van der Waals surface area contributed by atoms with Crippen molar-refractivity contribution in [3.63, 3.8) is 0 Å². The molecule has 0 atom stereocenters. The van der Waals surface area contributed by atoms with Crippen LogP contribution in [-0.2, 0) is 22.0 Å². The molecule has 4 nitrogen and oxygen atoms in total. The Morgan fingerprint density at radius 1 is 1.29 bits per heavy atom. The summed E-state index contributed by atoms with van der Waals surface area (Å²) in [5.41, 5.74) is 4.93. The summed E-state index contributed by atoms with van der Waals surface area (Å²) in [6.45, 7) is 4.06. The van der Waals surface area contributed by atoms with Gasteiger partial charge in [-0.05, 0) is 31.5 Å². The Morgan fingerprint density at radius 3 is 2.82 bits per heavy atom. The van der Waals surface area contributed by atoms with E-state index >= 15 is 0 Å². The number of aryl methyl sites for hydroxylation is 3. The second kappa shape index (κ2) is 3.32. The molecule has 3 heterocycles. The third kappa shape index (κ3) is 1.65. The lowest BCUT2D eigenvalue weighted by Crippen LogP contribution is -2.19. The summed E-state index contributed by atoms with van der Waals surface area (Å²) in [6.07, 6.45) is 0.572. The minimum atomic E-state index is -2.94. The smallest absolute Gasteiger partial charge is 0.156 e. The fourth-order valence-electron chi connectivity index (χ4n) is 2.55. The molecule has 1 aliphatic rings. The zero-order valence-corrected chi connectivity index (χ0v) is 10.7. The van der Waals surface area contributed by atoms with Crippen LogP contribution >= 0.6 is 0 Å². The lowest BCUT2D eigenvalue weighted by Gasteiger charge is -2.12. The minimum Gasteiger partial charge on any atom is -0.301 e. The summed E-state index contributed by atoms with van der Waals surface area (Å²) < 4.78 is 25.3. The number of rotatable bonds is 0. The number of sulfone groups is 1. The largest absolute Gasteiger partial charge is 0.301 e. The predicted molar refractivity (Wildman–Crippen MR) is 65.9 cm³/mol. The van der Waals surface area contributed by atoms with E-state index in [4.69, 9.17) is 0 Å². The maximum Gasteiger partial charge on any atom is 0.156 e. The van der Waals surface area contributed by atoms with Gasteiger partial charge in [0, 0.05) is 17.8 Å². The number of fused-ring (bicyclic) bond motifs is 3. The van der Waals surface area contributed by atoms with Crippen LogP contribution in [0.5, 0.6) is 0 Å². The van der Waals surface area contributed by atoms with Gasteiger partial charge in [0.15, 0.2) is 9.84 Å². The molecule has 0 saturated carbocycles. The second-order valence-electron chi connectivity index (χ2n) is 4.71. The lowest BCUT2D eigenvalue weighted by molar-refractivity contribution is 0.590. The highest BCUT2D eigenvalue weighted by Crippen LogP contribution is 2.23. The van der Waals surface area contributed by atoms with Gasteiger partial charge in [-0.2, -0.15) is 0 Å². The molecule has 1 aliphatic heterocycles. The van der Waals surface area contributed by atoms with E-state index in [0.29, 0.717) is 6.42 Å². The molecular formula is C12H14N2O2S. The van der Waals surface area contributed by atoms with Crippen LogP contribution in [0.15, 0.2) is 12.1 Å². The van der Waals surface area contributed by atoms with Gasteiger partial charge in [0.2, 0.25) is 0 Å². The zero-order chi connectivity index (χ0) is 12.2. The third-order valence-electron chi connectivity index (χ3n) is 3.23. The molecule has 2 aromatic rings. The van der Waals surface area contributed by atoms with Crippen LogP contribution in [-0.4, -0.2) is 23.6 Å². The van der Waals surface area contributed by atoms with Gasteiger partial charge in [-0.15, -0.1) is 0 Å². The summed E-state index contributed by atoms with van der Waals surface area (Å²) in [4.78, 5) is 4.45. The quantitative estimate of drug-likeness (QED) is 0.710. The highest BCUT2D eigenvalue weighted by atomic mass is 32.2. The summed E-state index contributed by atoms with van der Waals surface area (Å²) in [6, 6.07) is 4.09. The average molecular weight is 250 g/mol. The monoisotopic (exact) mass is 250 g/mol. The topological polar surface area (TPSA) is 51.4 Å². The van der Waals surface area contributed by atoms with Crippen molar-refractivity contribution in [2.45, 2.75) is 26.0 Å². The maximum absolute atomic E-state index is 11.6. The van der Waals surface area contributed by atoms with Gasteiger partial charge in [-0.25, -0.2) is 13.4 Å². The Labute approximate surface area is 100 Å². The Balaban J connectivity index is 2.33. The first-order chi connectivity index (χ1) is 7.96. The van der Waals surface area contributed by atoms with E-state index in [2.05, 4.69) is 15.5 Å². The van der Waals surface area contributed by atoms with E-state index in [1.54, 1.807) is 0 Å². The molecule has 0 aromatic carbocycles. The van der Waals surface area contributed by atoms with Crippen molar-refractivity contribution >= 4 is 15.5 Å². The molecule has 2 aromatic heterocycles. The molecule has 90 valence electrons. The number of hydrogen-bond donors (Lipinski definition) is 0. The molecule has 0 spiro atoms. The van der Waals surface area contributed by atoms with Crippen molar-refractivity contribution in [2.24, 2.45) is 0 Å². The van der Waals surface area contributed by atoms with Crippen molar-refractivity contribution < 1.29 is 8.42 Å². The number of imidazole rings is 1. The first-order valence-electron chi connectivity index (χ1n) is 5.64. The fourth-order valence-corrected chi connectivity index (χ4v) is 3.85. The molecule has 17 heavy (non-hydrogen) atoms. The van der Waals surface area contributed by atoms with Crippen molar-refractivity contribution in [1.82, 2.24) is 9.38 Å². The predicted octanol–water partition coefficient (Wildman–Crippen LogP) is 1.42. The number of hydrogen-bond acceptors (Lipinski definition) is 3. The van der Waals surface area contributed by atoms with Crippen LogP contribution in [0, 0.1) is 13.8 Å². The minimum absolute atomic E-state index is 0.0858. The molecule has 0 radical (unpaired) electrons. The van der Waals surface area contributed by atoms with E-state index < -0.39 is 9.84 Å². The van der Waals surface area contributed by atoms with Crippen LogP contribution in [0.3, 0.4) is 0 Å². The Kier molecular flexibility index (Phi) is 2.10. The van der Waals surface area contributed by atoms with Gasteiger partial charge in [0.05, 0.1) is 17.2 Å². The second-order valence-corrected chi connectivity index (χ2v) is 6.90. The molecule has 0 amide bonds. The highest BCUT2D eigenvalue weighted by molar-refractivity contribution is 7.90. The van der Waals surface area contributed by atoms with Gasteiger partial charge in [0.25, 0.3) is 0 Å². The van der Waals surface area contributed by atoms with Crippen LogP contribution in [0.1, 0.15) is 22.6 Å². The summed E-state index contributed by atoms with van der Waals surface area (Å²) in [5.74, 6) is 0.323. The van der Waals surface area contributed by atoms with Gasteiger partial charge in [-0.1, -0.05) is 0 Å². The molecule has 0 N–H and O–H groups in total. The molecule has 0 unspecified atom stereocenters. The summed E-state index contributed by atoms with van der Waals surface area (Å²) in [7, 11) is -2.94. The van der Waals surface area contributed by atoms with Crippen LogP contribution < -0.4 is 0 Å². The van der Waals surface area contributed by atoms with E-state index in [1.807, 2.05) is 19.9 Å². The molecule has 0 aliphatic carbocycles. The van der Waals surface area contributed by atoms with E-state index in [-0.39, 0.29) is 11.5 Å². The van der Waals surface area contributed by atoms with Crippen LogP contribution in [0.2, 0.25) is 0 Å². The standard InChI is InChI=1S/C12H14N2O2S/c1-8-5-9(2)14-11-3-4-17(15,16)7-10(11)13-12(14)6-8/h5-6H,3-4,7H2,1-2H3. The van der Waals surface area contributed by atoms with E-state index in [9.17, 15) is 8.42 Å².